The Morgan fingerprint density at radius 2 is 2.14 bits per heavy atom. The predicted octanol–water partition coefficient (Wildman–Crippen LogP) is 2.77. The molecule has 0 radical (unpaired) electrons. The minimum absolute atomic E-state index is 0.221. The van der Waals surface area contributed by atoms with Crippen molar-refractivity contribution in [2.24, 2.45) is 0 Å². The predicted molar refractivity (Wildman–Crippen MR) is 78.2 cm³/mol. The molecule has 0 aliphatic carbocycles. The number of hydrogen-bond donors (Lipinski definition) is 1. The number of carbonyl (C=O) groups excluding carboxylic acids is 1. The number of pyridine rings is 1. The molecule has 0 aliphatic rings. The number of nitrogens with zero attached hydrogens (tertiary/aromatic N) is 1. The number of furan rings is 1. The third kappa shape index (κ3) is 2.58. The van der Waals surface area contributed by atoms with Crippen LogP contribution in [0.2, 0.25) is 0 Å². The molecule has 5 heteroatoms. The lowest BCUT2D eigenvalue weighted by Crippen LogP contribution is -2.23. The molecular formula is C16H14N2O3. The standard InChI is InChI=1S/C16H14N2O3/c1-20-14-10-17-13-7-3-2-6-12(13)15(14)16(19)18-9-11-5-4-8-21-11/h2-8,10H,9H2,1H3,(H,18,19). The van der Waals surface area contributed by atoms with Gasteiger partial charge in [0.15, 0.2) is 5.75 Å². The number of aromatic nitrogens is 1. The molecule has 2 heterocycles. The second kappa shape index (κ2) is 5.66. The zero-order valence-electron chi connectivity index (χ0n) is 11.5. The van der Waals surface area contributed by atoms with Crippen LogP contribution in [0.3, 0.4) is 0 Å². The van der Waals surface area contributed by atoms with Crippen molar-refractivity contribution in [3.05, 3.63) is 60.2 Å². The number of benzene rings is 1. The molecule has 1 N–H and O–H groups in total. The highest BCUT2D eigenvalue weighted by Crippen LogP contribution is 2.25. The van der Waals surface area contributed by atoms with Gasteiger partial charge in [-0.05, 0) is 18.2 Å². The molecule has 0 spiro atoms. The average Bonchev–Trinajstić information content (AvgIpc) is 3.04. The molecule has 106 valence electrons. The van der Waals surface area contributed by atoms with Crippen LogP contribution in [0.1, 0.15) is 16.1 Å². The monoisotopic (exact) mass is 282 g/mol. The lowest BCUT2D eigenvalue weighted by molar-refractivity contribution is 0.0946. The van der Waals surface area contributed by atoms with E-state index in [1.54, 1.807) is 18.5 Å². The number of hydrogen-bond acceptors (Lipinski definition) is 4. The van der Waals surface area contributed by atoms with Gasteiger partial charge >= 0.3 is 0 Å². The van der Waals surface area contributed by atoms with Crippen LogP contribution < -0.4 is 10.1 Å². The fourth-order valence-electron chi connectivity index (χ4n) is 2.18. The molecule has 1 aromatic carbocycles. The third-order valence-corrected chi connectivity index (χ3v) is 3.19. The summed E-state index contributed by atoms with van der Waals surface area (Å²) in [6, 6.07) is 11.1. The van der Waals surface area contributed by atoms with Crippen LogP contribution in [-0.4, -0.2) is 18.0 Å². The molecule has 0 aliphatic heterocycles. The second-order valence-electron chi connectivity index (χ2n) is 4.48. The van der Waals surface area contributed by atoms with E-state index in [2.05, 4.69) is 10.3 Å². The van der Waals surface area contributed by atoms with E-state index in [4.69, 9.17) is 9.15 Å². The van der Waals surface area contributed by atoms with E-state index >= 15 is 0 Å². The summed E-state index contributed by atoms with van der Waals surface area (Å²) in [4.78, 5) is 16.8. The quantitative estimate of drug-likeness (QED) is 0.799. The third-order valence-electron chi connectivity index (χ3n) is 3.19. The number of nitrogens with one attached hydrogen (secondary N) is 1. The first kappa shape index (κ1) is 13.2. The molecule has 0 saturated carbocycles. The lowest BCUT2D eigenvalue weighted by atomic mass is 10.1. The Labute approximate surface area is 121 Å². The van der Waals surface area contributed by atoms with Gasteiger partial charge < -0.3 is 14.5 Å². The number of fused-ring (bicyclic) bond motifs is 1. The maximum absolute atomic E-state index is 12.5. The largest absolute Gasteiger partial charge is 0.494 e. The second-order valence-corrected chi connectivity index (χ2v) is 4.48. The van der Waals surface area contributed by atoms with Gasteiger partial charge in [-0.2, -0.15) is 0 Å². The van der Waals surface area contributed by atoms with Crippen molar-refractivity contribution in [2.45, 2.75) is 6.54 Å². The maximum Gasteiger partial charge on any atom is 0.256 e. The van der Waals surface area contributed by atoms with Gasteiger partial charge in [-0.3, -0.25) is 9.78 Å². The molecule has 0 bridgehead atoms. The van der Waals surface area contributed by atoms with E-state index < -0.39 is 0 Å². The van der Waals surface area contributed by atoms with E-state index in [0.717, 1.165) is 10.9 Å². The zero-order chi connectivity index (χ0) is 14.7. The van der Waals surface area contributed by atoms with Gasteiger partial charge in [0.1, 0.15) is 5.76 Å². The van der Waals surface area contributed by atoms with Crippen molar-refractivity contribution in [2.75, 3.05) is 7.11 Å². The van der Waals surface area contributed by atoms with Crippen LogP contribution in [0.4, 0.5) is 0 Å². The highest BCUT2D eigenvalue weighted by molar-refractivity contribution is 6.08. The van der Waals surface area contributed by atoms with Gasteiger partial charge in [0.2, 0.25) is 0 Å². The van der Waals surface area contributed by atoms with Crippen LogP contribution in [0.5, 0.6) is 5.75 Å². The summed E-state index contributed by atoms with van der Waals surface area (Å²) in [5.74, 6) is 0.924. The first-order valence-corrected chi connectivity index (χ1v) is 6.52. The Hall–Kier alpha value is -2.82. The molecule has 21 heavy (non-hydrogen) atoms. The van der Waals surface area contributed by atoms with Crippen molar-refractivity contribution < 1.29 is 13.9 Å². The van der Waals surface area contributed by atoms with Gasteiger partial charge in [-0.25, -0.2) is 0 Å². The van der Waals surface area contributed by atoms with E-state index in [1.165, 1.54) is 7.11 Å². The average molecular weight is 282 g/mol. The first-order valence-electron chi connectivity index (χ1n) is 6.52. The number of methoxy groups -OCH3 is 1. The van der Waals surface area contributed by atoms with E-state index in [-0.39, 0.29) is 5.91 Å². The molecule has 0 atom stereocenters. The number of ether oxygens (including phenoxy) is 1. The van der Waals surface area contributed by atoms with Gasteiger partial charge in [-0.15, -0.1) is 0 Å². The van der Waals surface area contributed by atoms with Gasteiger partial charge in [0, 0.05) is 5.39 Å². The highest BCUT2D eigenvalue weighted by Gasteiger charge is 2.17. The molecule has 0 fully saturated rings. The molecule has 5 nitrogen and oxygen atoms in total. The van der Waals surface area contributed by atoms with E-state index in [0.29, 0.717) is 23.6 Å². The number of rotatable bonds is 4. The molecule has 0 saturated heterocycles. The Morgan fingerprint density at radius 1 is 1.29 bits per heavy atom. The Morgan fingerprint density at radius 3 is 2.90 bits per heavy atom. The minimum atomic E-state index is -0.221. The van der Waals surface area contributed by atoms with Gasteiger partial charge in [0.25, 0.3) is 5.91 Å². The van der Waals surface area contributed by atoms with Crippen LogP contribution >= 0.6 is 0 Å². The number of amides is 1. The Bertz CT molecular complexity index is 766. The smallest absolute Gasteiger partial charge is 0.256 e. The van der Waals surface area contributed by atoms with Crippen LogP contribution in [-0.2, 0) is 6.54 Å². The zero-order valence-corrected chi connectivity index (χ0v) is 11.5. The van der Waals surface area contributed by atoms with Crippen molar-refractivity contribution in [1.82, 2.24) is 10.3 Å². The minimum Gasteiger partial charge on any atom is -0.494 e. The highest BCUT2D eigenvalue weighted by atomic mass is 16.5. The summed E-state index contributed by atoms with van der Waals surface area (Å²) in [5.41, 5.74) is 1.23. The molecule has 0 unspecified atom stereocenters. The van der Waals surface area contributed by atoms with Crippen LogP contribution in [0, 0.1) is 0 Å². The summed E-state index contributed by atoms with van der Waals surface area (Å²) in [6.45, 7) is 0.325. The SMILES string of the molecule is COc1cnc2ccccc2c1C(=O)NCc1ccco1. The van der Waals surface area contributed by atoms with E-state index in [1.807, 2.05) is 30.3 Å². The van der Waals surface area contributed by atoms with Crippen molar-refractivity contribution in [3.8, 4) is 5.75 Å². The summed E-state index contributed by atoms with van der Waals surface area (Å²) in [5, 5.41) is 3.59. The maximum atomic E-state index is 12.5. The molecule has 1 amide bonds. The molecule has 3 rings (SSSR count). The van der Waals surface area contributed by atoms with Gasteiger partial charge in [0.05, 0.1) is 37.2 Å². The normalized spacial score (nSPS) is 10.5. The summed E-state index contributed by atoms with van der Waals surface area (Å²) < 4.78 is 10.5. The van der Waals surface area contributed by atoms with Crippen molar-refractivity contribution >= 4 is 16.8 Å². The summed E-state index contributed by atoms with van der Waals surface area (Å²) in [7, 11) is 1.52. The first-order chi connectivity index (χ1) is 10.3. The van der Waals surface area contributed by atoms with Crippen LogP contribution in [0.15, 0.2) is 53.3 Å². The molecular weight excluding hydrogens is 268 g/mol. The summed E-state index contributed by atoms with van der Waals surface area (Å²) >= 11 is 0. The molecule has 3 aromatic rings. The Kier molecular flexibility index (Phi) is 3.55. The number of carbonyl (C=O) groups is 1. The fraction of sp³-hybridized carbons (Fsp3) is 0.125. The van der Waals surface area contributed by atoms with Crippen molar-refractivity contribution in [3.63, 3.8) is 0 Å². The topological polar surface area (TPSA) is 64.4 Å². The van der Waals surface area contributed by atoms with Crippen LogP contribution in [0.25, 0.3) is 10.9 Å². The Balaban J connectivity index is 1.95. The van der Waals surface area contributed by atoms with E-state index in [9.17, 15) is 4.79 Å². The fourth-order valence-corrected chi connectivity index (χ4v) is 2.18. The lowest BCUT2D eigenvalue weighted by Gasteiger charge is -2.11. The summed E-state index contributed by atoms with van der Waals surface area (Å²) in [6.07, 6.45) is 3.13. The van der Waals surface area contributed by atoms with Crippen molar-refractivity contribution in [1.29, 1.82) is 0 Å². The van der Waals surface area contributed by atoms with Gasteiger partial charge in [-0.1, -0.05) is 18.2 Å². The molecule has 2 aromatic heterocycles. The number of para-hydroxylation sites is 1.